The van der Waals surface area contributed by atoms with Crippen LogP contribution in [-0.4, -0.2) is 26.2 Å². The second-order valence-electron chi connectivity index (χ2n) is 4.36. The van der Waals surface area contributed by atoms with E-state index in [0.29, 0.717) is 18.1 Å². The molecule has 5 nitrogen and oxygen atoms in total. The van der Waals surface area contributed by atoms with Crippen molar-refractivity contribution in [3.05, 3.63) is 30.1 Å². The van der Waals surface area contributed by atoms with Gasteiger partial charge in [0.25, 0.3) is 5.88 Å². The summed E-state index contributed by atoms with van der Waals surface area (Å²) < 4.78 is 7.64. The largest absolute Gasteiger partial charge is 0.475 e. The van der Waals surface area contributed by atoms with Crippen LogP contribution < -0.4 is 4.74 Å². The van der Waals surface area contributed by atoms with Crippen LogP contribution in [0.25, 0.3) is 16.7 Å². The molecular weight excluding hydrogens is 240 g/mol. The number of aryl methyl sites for hydroxylation is 1. The van der Waals surface area contributed by atoms with Gasteiger partial charge >= 0.3 is 0 Å². The summed E-state index contributed by atoms with van der Waals surface area (Å²) in [6.45, 7) is 4.64. The van der Waals surface area contributed by atoms with Gasteiger partial charge in [-0.1, -0.05) is 19.1 Å². The molecule has 3 rings (SSSR count). The van der Waals surface area contributed by atoms with Crippen molar-refractivity contribution in [2.24, 2.45) is 0 Å². The molecule has 3 aromatic rings. The SMILES string of the molecule is CCCc1nnc2c(OCC)nc3ccccc3n12. The molecule has 0 fully saturated rings. The van der Waals surface area contributed by atoms with Crippen LogP contribution in [0.3, 0.4) is 0 Å². The summed E-state index contributed by atoms with van der Waals surface area (Å²) in [7, 11) is 0. The van der Waals surface area contributed by atoms with E-state index in [1.807, 2.05) is 31.2 Å². The molecule has 2 aromatic heterocycles. The zero-order valence-corrected chi connectivity index (χ0v) is 11.1. The number of aromatic nitrogens is 4. The maximum absolute atomic E-state index is 5.58. The number of hydrogen-bond acceptors (Lipinski definition) is 4. The van der Waals surface area contributed by atoms with E-state index >= 15 is 0 Å². The van der Waals surface area contributed by atoms with Crippen LogP contribution in [-0.2, 0) is 6.42 Å². The summed E-state index contributed by atoms with van der Waals surface area (Å²) in [5.41, 5.74) is 2.62. The Morgan fingerprint density at radius 1 is 1.16 bits per heavy atom. The minimum atomic E-state index is 0.552. The van der Waals surface area contributed by atoms with Crippen molar-refractivity contribution in [2.45, 2.75) is 26.7 Å². The quantitative estimate of drug-likeness (QED) is 0.720. The smallest absolute Gasteiger partial charge is 0.260 e. The lowest BCUT2D eigenvalue weighted by atomic mass is 10.2. The molecule has 0 saturated heterocycles. The Bertz CT molecular complexity index is 720. The Hall–Kier alpha value is -2.17. The molecular formula is C14H16N4O. The van der Waals surface area contributed by atoms with Crippen LogP contribution in [0.2, 0.25) is 0 Å². The maximum atomic E-state index is 5.58. The fourth-order valence-electron chi connectivity index (χ4n) is 2.23. The first-order valence-corrected chi connectivity index (χ1v) is 6.60. The summed E-state index contributed by atoms with van der Waals surface area (Å²) in [5.74, 6) is 1.51. The second-order valence-corrected chi connectivity index (χ2v) is 4.36. The minimum Gasteiger partial charge on any atom is -0.475 e. The molecule has 0 bridgehead atoms. The monoisotopic (exact) mass is 256 g/mol. The predicted octanol–water partition coefficient (Wildman–Crippen LogP) is 2.63. The molecule has 0 saturated carbocycles. The third kappa shape index (κ3) is 1.91. The number of nitrogens with zero attached hydrogens (tertiary/aromatic N) is 4. The third-order valence-corrected chi connectivity index (χ3v) is 3.02. The van der Waals surface area contributed by atoms with Crippen LogP contribution in [0, 0.1) is 0 Å². The highest BCUT2D eigenvalue weighted by Gasteiger charge is 2.14. The first-order chi connectivity index (χ1) is 9.35. The summed E-state index contributed by atoms with van der Waals surface area (Å²) >= 11 is 0. The van der Waals surface area contributed by atoms with Crippen LogP contribution in [0.5, 0.6) is 5.88 Å². The van der Waals surface area contributed by atoms with Gasteiger partial charge in [0.05, 0.1) is 17.6 Å². The average Bonchev–Trinajstić information content (AvgIpc) is 2.84. The summed E-state index contributed by atoms with van der Waals surface area (Å²) in [6, 6.07) is 7.99. The Balaban J connectivity index is 2.37. The van der Waals surface area contributed by atoms with Gasteiger partial charge in [0.2, 0.25) is 5.65 Å². The normalized spacial score (nSPS) is 11.3. The highest BCUT2D eigenvalue weighted by Crippen LogP contribution is 2.23. The first-order valence-electron chi connectivity index (χ1n) is 6.60. The first kappa shape index (κ1) is 11.9. The van der Waals surface area contributed by atoms with Gasteiger partial charge in [-0.25, -0.2) is 4.98 Å². The number of ether oxygens (including phenoxy) is 1. The molecule has 98 valence electrons. The fourth-order valence-corrected chi connectivity index (χ4v) is 2.23. The molecule has 0 aliphatic heterocycles. The summed E-state index contributed by atoms with van der Waals surface area (Å²) in [5, 5.41) is 8.50. The number of rotatable bonds is 4. The van der Waals surface area contributed by atoms with Gasteiger partial charge in [-0.15, -0.1) is 10.2 Å². The van der Waals surface area contributed by atoms with Crippen LogP contribution in [0.4, 0.5) is 0 Å². The number of para-hydroxylation sites is 2. The Morgan fingerprint density at radius 3 is 2.79 bits per heavy atom. The van der Waals surface area contributed by atoms with E-state index in [1.165, 1.54) is 0 Å². The zero-order chi connectivity index (χ0) is 13.2. The molecule has 0 radical (unpaired) electrons. The minimum absolute atomic E-state index is 0.552. The number of hydrogen-bond donors (Lipinski definition) is 0. The van der Waals surface area contributed by atoms with Crippen molar-refractivity contribution in [3.63, 3.8) is 0 Å². The third-order valence-electron chi connectivity index (χ3n) is 3.02. The maximum Gasteiger partial charge on any atom is 0.260 e. The van der Waals surface area contributed by atoms with Crippen molar-refractivity contribution in [3.8, 4) is 5.88 Å². The van der Waals surface area contributed by atoms with Gasteiger partial charge in [-0.2, -0.15) is 0 Å². The van der Waals surface area contributed by atoms with Gasteiger partial charge in [0, 0.05) is 6.42 Å². The standard InChI is InChI=1S/C14H16N4O/c1-3-7-12-16-17-13-14(19-4-2)15-10-8-5-6-9-11(10)18(12)13/h5-6,8-9H,3-4,7H2,1-2H3. The molecule has 0 aliphatic rings. The molecule has 0 amide bonds. The lowest BCUT2D eigenvalue weighted by Gasteiger charge is -2.08. The van der Waals surface area contributed by atoms with Crippen LogP contribution in [0.1, 0.15) is 26.1 Å². The highest BCUT2D eigenvalue weighted by molar-refractivity contribution is 5.79. The van der Waals surface area contributed by atoms with E-state index < -0.39 is 0 Å². The van der Waals surface area contributed by atoms with Crippen molar-refractivity contribution in [1.29, 1.82) is 0 Å². The number of benzene rings is 1. The lowest BCUT2D eigenvalue weighted by Crippen LogP contribution is -2.02. The van der Waals surface area contributed by atoms with E-state index in [0.717, 1.165) is 29.7 Å². The molecule has 0 aliphatic carbocycles. The van der Waals surface area contributed by atoms with Crippen molar-refractivity contribution in [2.75, 3.05) is 6.61 Å². The molecule has 5 heteroatoms. The van der Waals surface area contributed by atoms with Crippen molar-refractivity contribution < 1.29 is 4.74 Å². The average molecular weight is 256 g/mol. The Morgan fingerprint density at radius 2 is 2.00 bits per heavy atom. The molecule has 2 heterocycles. The van der Waals surface area contributed by atoms with Gasteiger partial charge in [-0.05, 0) is 25.5 Å². The molecule has 0 unspecified atom stereocenters. The van der Waals surface area contributed by atoms with Gasteiger partial charge < -0.3 is 4.74 Å². The summed E-state index contributed by atoms with van der Waals surface area (Å²) in [6.07, 6.45) is 1.92. The predicted molar refractivity (Wildman–Crippen MR) is 73.5 cm³/mol. The lowest BCUT2D eigenvalue weighted by molar-refractivity contribution is 0.330. The fraction of sp³-hybridized carbons (Fsp3) is 0.357. The van der Waals surface area contributed by atoms with E-state index in [9.17, 15) is 0 Å². The second kappa shape index (κ2) is 4.84. The summed E-state index contributed by atoms with van der Waals surface area (Å²) in [4.78, 5) is 4.52. The number of fused-ring (bicyclic) bond motifs is 3. The van der Waals surface area contributed by atoms with Crippen molar-refractivity contribution in [1.82, 2.24) is 19.6 Å². The van der Waals surface area contributed by atoms with E-state index in [-0.39, 0.29) is 0 Å². The van der Waals surface area contributed by atoms with Gasteiger partial charge in [-0.3, -0.25) is 4.40 Å². The Labute approximate surface area is 111 Å². The zero-order valence-electron chi connectivity index (χ0n) is 11.1. The topological polar surface area (TPSA) is 52.3 Å². The van der Waals surface area contributed by atoms with E-state index in [1.54, 1.807) is 0 Å². The molecule has 0 spiro atoms. The molecule has 0 atom stereocenters. The van der Waals surface area contributed by atoms with E-state index in [4.69, 9.17) is 4.74 Å². The molecule has 1 aromatic carbocycles. The van der Waals surface area contributed by atoms with Crippen LogP contribution in [0.15, 0.2) is 24.3 Å². The molecule has 0 N–H and O–H groups in total. The highest BCUT2D eigenvalue weighted by atomic mass is 16.5. The Kier molecular flexibility index (Phi) is 3.03. The van der Waals surface area contributed by atoms with Gasteiger partial charge in [0.1, 0.15) is 5.82 Å². The van der Waals surface area contributed by atoms with E-state index in [2.05, 4.69) is 26.5 Å². The van der Waals surface area contributed by atoms with Crippen molar-refractivity contribution >= 4 is 16.7 Å². The molecule has 19 heavy (non-hydrogen) atoms. The van der Waals surface area contributed by atoms with Crippen LogP contribution >= 0.6 is 0 Å². The van der Waals surface area contributed by atoms with Gasteiger partial charge in [0.15, 0.2) is 0 Å².